The minimum atomic E-state index is -3.52. The van der Waals surface area contributed by atoms with Crippen LogP contribution in [0.5, 0.6) is 0 Å². The Morgan fingerprint density at radius 3 is 2.50 bits per heavy atom. The van der Waals surface area contributed by atoms with Gasteiger partial charge in [-0.15, -0.1) is 0 Å². The van der Waals surface area contributed by atoms with Gasteiger partial charge in [-0.1, -0.05) is 0 Å². The third-order valence-electron chi connectivity index (χ3n) is 4.14. The number of nitrogens with zero attached hydrogens (tertiary/aromatic N) is 2. The van der Waals surface area contributed by atoms with E-state index in [1.807, 2.05) is 6.92 Å². The van der Waals surface area contributed by atoms with E-state index in [4.69, 9.17) is 4.74 Å². The SMILES string of the molecule is C[C@H]1COCCN1S(=O)(=O)c1ccc(N2CCCC2=O)cc1. The lowest BCUT2D eigenvalue weighted by Gasteiger charge is -2.32. The van der Waals surface area contributed by atoms with Gasteiger partial charge in [0.05, 0.1) is 18.1 Å². The van der Waals surface area contributed by atoms with E-state index in [2.05, 4.69) is 0 Å². The highest BCUT2D eigenvalue weighted by Gasteiger charge is 2.31. The number of carbonyl (C=O) groups excluding carboxylic acids is 1. The molecule has 2 fully saturated rings. The van der Waals surface area contributed by atoms with E-state index in [9.17, 15) is 13.2 Å². The Bertz CT molecular complexity index is 657. The molecule has 0 spiro atoms. The summed E-state index contributed by atoms with van der Waals surface area (Å²) in [6.45, 7) is 3.75. The molecule has 0 bridgehead atoms. The molecular weight excluding hydrogens is 304 g/mol. The fraction of sp³-hybridized carbons (Fsp3) is 0.533. The first-order valence-corrected chi connectivity index (χ1v) is 8.94. The molecule has 6 nitrogen and oxygen atoms in total. The number of sulfonamides is 1. The predicted octanol–water partition coefficient (Wildman–Crippen LogP) is 1.22. The second-order valence-electron chi connectivity index (χ2n) is 5.68. The first-order valence-electron chi connectivity index (χ1n) is 7.50. The Kier molecular flexibility index (Phi) is 4.20. The molecule has 0 aromatic heterocycles. The molecule has 2 heterocycles. The van der Waals surface area contributed by atoms with Crippen molar-refractivity contribution < 1.29 is 17.9 Å². The molecule has 120 valence electrons. The van der Waals surface area contributed by atoms with Gasteiger partial charge in [0.25, 0.3) is 0 Å². The summed E-state index contributed by atoms with van der Waals surface area (Å²) in [7, 11) is -3.52. The number of hydrogen-bond acceptors (Lipinski definition) is 4. The zero-order valence-corrected chi connectivity index (χ0v) is 13.4. The maximum atomic E-state index is 12.7. The van der Waals surface area contributed by atoms with Gasteiger partial charge in [-0.3, -0.25) is 4.79 Å². The van der Waals surface area contributed by atoms with E-state index in [1.54, 1.807) is 29.2 Å². The fourth-order valence-electron chi connectivity index (χ4n) is 2.92. The number of carbonyl (C=O) groups is 1. The second kappa shape index (κ2) is 5.98. The Hall–Kier alpha value is -1.44. The summed E-state index contributed by atoms with van der Waals surface area (Å²) in [5, 5.41) is 0. The van der Waals surface area contributed by atoms with Crippen molar-refractivity contribution in [2.45, 2.75) is 30.7 Å². The van der Waals surface area contributed by atoms with Crippen molar-refractivity contribution >= 4 is 21.6 Å². The Morgan fingerprint density at radius 1 is 1.18 bits per heavy atom. The predicted molar refractivity (Wildman–Crippen MR) is 82.2 cm³/mol. The molecule has 3 rings (SSSR count). The Labute approximate surface area is 130 Å². The molecule has 2 saturated heterocycles. The lowest BCUT2D eigenvalue weighted by Crippen LogP contribution is -2.46. The van der Waals surface area contributed by atoms with Crippen molar-refractivity contribution in [2.24, 2.45) is 0 Å². The lowest BCUT2D eigenvalue weighted by molar-refractivity contribution is -0.117. The highest BCUT2D eigenvalue weighted by Crippen LogP contribution is 2.25. The number of rotatable bonds is 3. The van der Waals surface area contributed by atoms with Crippen molar-refractivity contribution in [3.05, 3.63) is 24.3 Å². The van der Waals surface area contributed by atoms with E-state index in [0.29, 0.717) is 32.7 Å². The lowest BCUT2D eigenvalue weighted by atomic mass is 10.3. The van der Waals surface area contributed by atoms with Crippen LogP contribution in [-0.2, 0) is 19.6 Å². The number of ether oxygens (including phenoxy) is 1. The maximum absolute atomic E-state index is 12.7. The zero-order valence-electron chi connectivity index (χ0n) is 12.6. The molecule has 1 amide bonds. The first-order chi connectivity index (χ1) is 10.5. The van der Waals surface area contributed by atoms with Crippen LogP contribution in [0.3, 0.4) is 0 Å². The van der Waals surface area contributed by atoms with Crippen LogP contribution in [0, 0.1) is 0 Å². The van der Waals surface area contributed by atoms with Crippen LogP contribution in [0.2, 0.25) is 0 Å². The molecule has 7 heteroatoms. The Morgan fingerprint density at radius 2 is 1.91 bits per heavy atom. The molecule has 0 aliphatic carbocycles. The van der Waals surface area contributed by atoms with Gasteiger partial charge in [-0.05, 0) is 37.6 Å². The summed E-state index contributed by atoms with van der Waals surface area (Å²) < 4.78 is 32.1. The normalized spacial score (nSPS) is 24.0. The molecule has 1 aromatic carbocycles. The zero-order chi connectivity index (χ0) is 15.7. The second-order valence-corrected chi connectivity index (χ2v) is 7.57. The van der Waals surface area contributed by atoms with Crippen molar-refractivity contribution in [2.75, 3.05) is 31.2 Å². The topological polar surface area (TPSA) is 66.9 Å². The summed E-state index contributed by atoms with van der Waals surface area (Å²) in [5.41, 5.74) is 0.761. The third-order valence-corrected chi connectivity index (χ3v) is 6.16. The van der Waals surface area contributed by atoms with Crippen molar-refractivity contribution in [3.63, 3.8) is 0 Å². The molecule has 0 unspecified atom stereocenters. The number of anilines is 1. The number of amides is 1. The van der Waals surface area contributed by atoms with Gasteiger partial charge in [0.2, 0.25) is 15.9 Å². The van der Waals surface area contributed by atoms with Crippen LogP contribution in [0.15, 0.2) is 29.2 Å². The first kappa shape index (κ1) is 15.5. The molecule has 1 atom stereocenters. The highest BCUT2D eigenvalue weighted by atomic mass is 32.2. The number of morpholine rings is 1. The average molecular weight is 324 g/mol. The Balaban J connectivity index is 1.84. The van der Waals surface area contributed by atoms with E-state index >= 15 is 0 Å². The van der Waals surface area contributed by atoms with E-state index in [1.165, 1.54) is 4.31 Å². The highest BCUT2D eigenvalue weighted by molar-refractivity contribution is 7.89. The average Bonchev–Trinajstić information content (AvgIpc) is 2.94. The van der Waals surface area contributed by atoms with Crippen LogP contribution in [0.1, 0.15) is 19.8 Å². The van der Waals surface area contributed by atoms with Crippen molar-refractivity contribution in [1.29, 1.82) is 0 Å². The van der Waals surface area contributed by atoms with Crippen LogP contribution in [-0.4, -0.2) is 51.0 Å². The summed E-state index contributed by atoms with van der Waals surface area (Å²) in [5.74, 6) is 0.0948. The van der Waals surface area contributed by atoms with Crippen LogP contribution in [0.4, 0.5) is 5.69 Å². The monoisotopic (exact) mass is 324 g/mol. The standard InChI is InChI=1S/C15H20N2O4S/c1-12-11-21-10-9-17(12)22(19,20)14-6-4-13(5-7-14)16-8-2-3-15(16)18/h4-7,12H,2-3,8-11H2,1H3/t12-/m0/s1. The van der Waals surface area contributed by atoms with Crippen molar-refractivity contribution in [1.82, 2.24) is 4.31 Å². The van der Waals surface area contributed by atoms with Gasteiger partial charge in [-0.25, -0.2) is 8.42 Å². The molecule has 22 heavy (non-hydrogen) atoms. The number of hydrogen-bond donors (Lipinski definition) is 0. The molecule has 1 aromatic rings. The third kappa shape index (κ3) is 2.76. The summed E-state index contributed by atoms with van der Waals surface area (Å²) >= 11 is 0. The van der Waals surface area contributed by atoms with Crippen LogP contribution >= 0.6 is 0 Å². The van der Waals surface area contributed by atoms with Gasteiger partial charge >= 0.3 is 0 Å². The molecule has 2 aliphatic heterocycles. The summed E-state index contributed by atoms with van der Waals surface area (Å²) in [6.07, 6.45) is 1.41. The van der Waals surface area contributed by atoms with Gasteiger partial charge < -0.3 is 9.64 Å². The molecule has 0 N–H and O–H groups in total. The molecule has 2 aliphatic rings. The summed E-state index contributed by atoms with van der Waals surface area (Å²) in [6, 6.07) is 6.41. The largest absolute Gasteiger partial charge is 0.378 e. The van der Waals surface area contributed by atoms with E-state index in [0.717, 1.165) is 12.1 Å². The van der Waals surface area contributed by atoms with E-state index < -0.39 is 10.0 Å². The maximum Gasteiger partial charge on any atom is 0.243 e. The fourth-order valence-corrected chi connectivity index (χ4v) is 4.52. The van der Waals surface area contributed by atoms with Gasteiger partial charge in [-0.2, -0.15) is 4.31 Å². The van der Waals surface area contributed by atoms with Gasteiger partial charge in [0.15, 0.2) is 0 Å². The number of benzene rings is 1. The minimum absolute atomic E-state index is 0.0948. The molecular formula is C15H20N2O4S. The van der Waals surface area contributed by atoms with Gasteiger partial charge in [0, 0.05) is 31.2 Å². The molecule has 0 saturated carbocycles. The van der Waals surface area contributed by atoms with Crippen molar-refractivity contribution in [3.8, 4) is 0 Å². The van der Waals surface area contributed by atoms with Crippen LogP contribution < -0.4 is 4.90 Å². The molecule has 0 radical (unpaired) electrons. The van der Waals surface area contributed by atoms with Gasteiger partial charge in [0.1, 0.15) is 0 Å². The van der Waals surface area contributed by atoms with Crippen LogP contribution in [0.25, 0.3) is 0 Å². The quantitative estimate of drug-likeness (QED) is 0.838. The summed E-state index contributed by atoms with van der Waals surface area (Å²) in [4.78, 5) is 13.7. The smallest absolute Gasteiger partial charge is 0.243 e. The minimum Gasteiger partial charge on any atom is -0.378 e. The van der Waals surface area contributed by atoms with E-state index in [-0.39, 0.29) is 16.8 Å².